The third-order valence-electron chi connectivity index (χ3n) is 1.82. The minimum Gasteiger partial charge on any atom is -0.213 e. The van der Waals surface area contributed by atoms with Crippen molar-refractivity contribution in [3.05, 3.63) is 42.5 Å². The molecule has 0 saturated heterocycles. The number of hydrogen-bond donors (Lipinski definition) is 2. The van der Waals surface area contributed by atoms with Gasteiger partial charge in [-0.1, -0.05) is 43.0 Å². The molecule has 0 aromatic heterocycles. The van der Waals surface area contributed by atoms with Gasteiger partial charge < -0.3 is 0 Å². The van der Waals surface area contributed by atoms with Gasteiger partial charge in [0.05, 0.1) is 0 Å². The molecule has 13 heteroatoms. The first kappa shape index (κ1) is 20.6. The van der Waals surface area contributed by atoms with E-state index in [1.807, 2.05) is 36.4 Å². The van der Waals surface area contributed by atoms with Gasteiger partial charge in [0.15, 0.2) is 0 Å². The number of halogens is 3. The maximum absolute atomic E-state index is 11.6. The number of benzene rings is 1. The lowest BCUT2D eigenvalue weighted by Gasteiger charge is -2.10. The smallest absolute Gasteiger partial charge is 0.213 e. The maximum atomic E-state index is 11.6. The Morgan fingerprint density at radius 2 is 1.41 bits per heavy atom. The minimum absolute atomic E-state index is 1.17. The van der Waals surface area contributed by atoms with E-state index in [1.165, 1.54) is 5.56 Å². The molecule has 126 valence electrons. The molecule has 1 rings (SSSR count). The average molecular weight is 381 g/mol. The summed E-state index contributed by atoms with van der Waals surface area (Å²) in [6.45, 7) is 3.63. The number of sulfonamides is 1. The average Bonchev–Trinajstić information content (AvgIpc) is 2.37. The molecule has 0 N–H and O–H groups in total. The van der Waals surface area contributed by atoms with Crippen molar-refractivity contribution in [1.29, 1.82) is 0 Å². The van der Waals surface area contributed by atoms with Crippen molar-refractivity contribution in [2.45, 2.75) is 5.51 Å². The molecular formula is C9H10F3NO6S3. The van der Waals surface area contributed by atoms with Crippen LogP contribution >= 0.6 is 0 Å². The van der Waals surface area contributed by atoms with Crippen LogP contribution in [0.5, 0.6) is 0 Å². The molecular weight excluding hydrogens is 371 g/mol. The van der Waals surface area contributed by atoms with Crippen LogP contribution in [0.1, 0.15) is 5.56 Å². The van der Waals surface area contributed by atoms with E-state index in [0.29, 0.717) is 0 Å². The van der Waals surface area contributed by atoms with Crippen LogP contribution < -0.4 is 0 Å². The van der Waals surface area contributed by atoms with Crippen LogP contribution in [-0.4, -0.2) is 33.9 Å². The molecule has 0 bridgehead atoms. The highest BCUT2D eigenvalue weighted by molar-refractivity contribution is 8.08. The molecule has 0 spiro atoms. The summed E-state index contributed by atoms with van der Waals surface area (Å²) in [6.07, 6.45) is 1.83. The Bertz CT molecular complexity index is 715. The van der Waals surface area contributed by atoms with Gasteiger partial charge in [0.2, 0.25) is 21.8 Å². The lowest BCUT2D eigenvalue weighted by atomic mass is 10.2. The lowest BCUT2D eigenvalue weighted by molar-refractivity contribution is -0.0456. The first-order valence-corrected chi connectivity index (χ1v) is 8.73. The zero-order valence-electron chi connectivity index (χ0n) is 10.5. The SMILES string of the molecule is C=Cc1ccccc1.O=[SH](=O)N([SH](=O)=O)S(=O)(=O)C(F)(F)F. The summed E-state index contributed by atoms with van der Waals surface area (Å²) >= 11 is 0. The second kappa shape index (κ2) is 8.26. The molecule has 0 saturated carbocycles. The Balaban J connectivity index is 0.000000461. The molecule has 0 amide bonds. The summed E-state index contributed by atoms with van der Waals surface area (Å²) in [6, 6.07) is 10.0. The van der Waals surface area contributed by atoms with Crippen molar-refractivity contribution < 1.29 is 38.4 Å². The van der Waals surface area contributed by atoms with Crippen molar-refractivity contribution >= 4 is 37.9 Å². The molecule has 22 heavy (non-hydrogen) atoms. The van der Waals surface area contributed by atoms with Crippen LogP contribution in [0.3, 0.4) is 0 Å². The van der Waals surface area contributed by atoms with Gasteiger partial charge in [0.1, 0.15) is 0 Å². The van der Waals surface area contributed by atoms with Gasteiger partial charge in [-0.2, -0.15) is 13.2 Å². The Morgan fingerprint density at radius 3 is 1.59 bits per heavy atom. The zero-order valence-corrected chi connectivity index (χ0v) is 13.1. The predicted octanol–water partition coefficient (Wildman–Crippen LogP) is 0.520. The summed E-state index contributed by atoms with van der Waals surface area (Å²) in [5, 5.41) is 0. The summed E-state index contributed by atoms with van der Waals surface area (Å²) in [5.41, 5.74) is -4.81. The largest absolute Gasteiger partial charge is 0.513 e. The first-order valence-electron chi connectivity index (χ1n) is 5.02. The van der Waals surface area contributed by atoms with E-state index in [-0.39, 0.29) is 0 Å². The fourth-order valence-electron chi connectivity index (χ4n) is 0.917. The number of thiol groups is 2. The van der Waals surface area contributed by atoms with Gasteiger partial charge >= 0.3 is 15.5 Å². The van der Waals surface area contributed by atoms with Crippen LogP contribution in [0.15, 0.2) is 36.9 Å². The second-order valence-corrected chi connectivity index (χ2v) is 7.65. The molecule has 0 aliphatic heterocycles. The second-order valence-electron chi connectivity index (χ2n) is 3.26. The van der Waals surface area contributed by atoms with E-state index < -0.39 is 40.4 Å². The molecule has 0 unspecified atom stereocenters. The monoisotopic (exact) mass is 381 g/mol. The van der Waals surface area contributed by atoms with Crippen LogP contribution in [0.2, 0.25) is 0 Å². The van der Waals surface area contributed by atoms with Gasteiger partial charge in [-0.05, 0) is 5.56 Å². The van der Waals surface area contributed by atoms with Gasteiger partial charge in [-0.15, -0.1) is 0 Å². The third-order valence-corrected chi connectivity index (χ3v) is 6.36. The summed E-state index contributed by atoms with van der Waals surface area (Å²) in [5.74, 6) is 0. The van der Waals surface area contributed by atoms with E-state index in [2.05, 4.69) is 6.58 Å². The lowest BCUT2D eigenvalue weighted by Crippen LogP contribution is -2.38. The van der Waals surface area contributed by atoms with Crippen molar-refractivity contribution in [1.82, 2.24) is 3.12 Å². The molecule has 0 radical (unpaired) electrons. The summed E-state index contributed by atoms with van der Waals surface area (Å²) in [4.78, 5) is 0. The minimum atomic E-state index is -6.40. The van der Waals surface area contributed by atoms with Crippen molar-refractivity contribution in [2.75, 3.05) is 0 Å². The van der Waals surface area contributed by atoms with Crippen LogP contribution in [0.25, 0.3) is 6.08 Å². The van der Waals surface area contributed by atoms with E-state index in [4.69, 9.17) is 0 Å². The van der Waals surface area contributed by atoms with Gasteiger partial charge in [0, 0.05) is 3.12 Å². The van der Waals surface area contributed by atoms with Crippen LogP contribution in [0, 0.1) is 0 Å². The maximum Gasteiger partial charge on any atom is 0.513 e. The summed E-state index contributed by atoms with van der Waals surface area (Å²) in [7, 11) is -15.2. The topological polar surface area (TPSA) is 106 Å². The first-order chi connectivity index (χ1) is 9.95. The van der Waals surface area contributed by atoms with Gasteiger partial charge in [-0.25, -0.2) is 25.3 Å². The van der Waals surface area contributed by atoms with Crippen LogP contribution in [0.4, 0.5) is 13.2 Å². The summed E-state index contributed by atoms with van der Waals surface area (Å²) < 4.78 is 93.6. The van der Waals surface area contributed by atoms with E-state index >= 15 is 0 Å². The van der Waals surface area contributed by atoms with Crippen molar-refractivity contribution in [3.63, 3.8) is 0 Å². The highest BCUT2D eigenvalue weighted by atomic mass is 32.3. The number of hydrogen-bond acceptors (Lipinski definition) is 6. The van der Waals surface area contributed by atoms with Gasteiger partial charge in [0.25, 0.3) is 0 Å². The van der Waals surface area contributed by atoms with E-state index in [1.54, 1.807) is 0 Å². The van der Waals surface area contributed by atoms with Crippen LogP contribution in [-0.2, 0) is 31.8 Å². The van der Waals surface area contributed by atoms with Crippen molar-refractivity contribution in [2.24, 2.45) is 0 Å². The Morgan fingerprint density at radius 1 is 1.00 bits per heavy atom. The number of nitrogens with zero attached hydrogens (tertiary/aromatic N) is 1. The fourth-order valence-corrected chi connectivity index (χ4v) is 3.54. The Hall–Kier alpha value is -1.44. The normalized spacial score (nSPS) is 12.1. The third kappa shape index (κ3) is 5.75. The quantitative estimate of drug-likeness (QED) is 0.737. The number of alkyl halides is 3. The standard InChI is InChI=1S/C8H8.CH2F3NO6S3/c1-2-8-6-4-3-5-7-8;2-1(3,4)14(10,11)5(12(6)7)13(8)9/h2-7H,1H2;12-13H. The van der Waals surface area contributed by atoms with Gasteiger partial charge in [-0.3, -0.25) is 0 Å². The number of rotatable bonds is 4. The molecule has 1 aromatic carbocycles. The predicted molar refractivity (Wildman–Crippen MR) is 74.0 cm³/mol. The van der Waals surface area contributed by atoms with Crippen molar-refractivity contribution in [3.8, 4) is 0 Å². The van der Waals surface area contributed by atoms with E-state index in [0.717, 1.165) is 0 Å². The fraction of sp³-hybridized carbons (Fsp3) is 0.111. The molecule has 0 aliphatic carbocycles. The Kier molecular flexibility index (Phi) is 7.72. The zero-order chi connectivity index (χ0) is 17.6. The molecule has 0 fully saturated rings. The highest BCUT2D eigenvalue weighted by Crippen LogP contribution is 2.26. The highest BCUT2D eigenvalue weighted by Gasteiger charge is 2.53. The Labute approximate surface area is 127 Å². The molecule has 1 aromatic rings. The molecule has 7 nitrogen and oxygen atoms in total. The molecule has 0 atom stereocenters. The van der Waals surface area contributed by atoms with E-state index in [9.17, 15) is 38.4 Å². The molecule has 0 aliphatic rings. The molecule has 0 heterocycles.